The lowest BCUT2D eigenvalue weighted by molar-refractivity contribution is 0.602. The second-order valence-corrected chi connectivity index (χ2v) is 8.57. The Morgan fingerprint density at radius 2 is 2.26 bits per heavy atom. The van der Waals surface area contributed by atoms with Gasteiger partial charge in [-0.3, -0.25) is 0 Å². The average Bonchev–Trinajstić information content (AvgIpc) is 2.69. The molecule has 0 amide bonds. The first kappa shape index (κ1) is 14.9. The third kappa shape index (κ3) is 4.82. The smallest absolute Gasteiger partial charge is 0.151 e. The standard InChI is InChI=1S/C14H21NO2S2/c1-2-7-15-10-12-4-3-5-13(9-12)18-14-6-8-19(16,17)11-14/h3-5,9,14-15H,2,6-8,10-11H2,1H3. The van der Waals surface area contributed by atoms with Crippen molar-refractivity contribution >= 4 is 21.6 Å². The zero-order chi connectivity index (χ0) is 13.7. The molecule has 5 heteroatoms. The Labute approximate surface area is 120 Å². The second kappa shape index (κ2) is 6.77. The molecule has 1 atom stereocenters. The Hall–Kier alpha value is -0.520. The van der Waals surface area contributed by atoms with Gasteiger partial charge in [0, 0.05) is 16.7 Å². The molecule has 3 nitrogen and oxygen atoms in total. The van der Waals surface area contributed by atoms with Crippen LogP contribution in [0.1, 0.15) is 25.3 Å². The summed E-state index contributed by atoms with van der Waals surface area (Å²) < 4.78 is 22.9. The molecule has 1 aromatic carbocycles. The number of hydrogen-bond acceptors (Lipinski definition) is 4. The summed E-state index contributed by atoms with van der Waals surface area (Å²) in [5, 5.41) is 3.61. The van der Waals surface area contributed by atoms with Crippen molar-refractivity contribution in [3.05, 3.63) is 29.8 Å². The summed E-state index contributed by atoms with van der Waals surface area (Å²) in [6, 6.07) is 8.39. The van der Waals surface area contributed by atoms with E-state index < -0.39 is 9.84 Å². The van der Waals surface area contributed by atoms with Gasteiger partial charge >= 0.3 is 0 Å². The van der Waals surface area contributed by atoms with Crippen LogP contribution in [0.3, 0.4) is 0 Å². The highest BCUT2D eigenvalue weighted by Gasteiger charge is 2.28. The van der Waals surface area contributed by atoms with Crippen molar-refractivity contribution in [1.82, 2.24) is 5.32 Å². The Balaban J connectivity index is 1.92. The highest BCUT2D eigenvalue weighted by molar-refractivity contribution is 8.01. The Bertz CT molecular complexity index is 514. The normalized spacial score (nSPS) is 21.6. The molecule has 2 rings (SSSR count). The summed E-state index contributed by atoms with van der Waals surface area (Å²) in [6.07, 6.45) is 1.92. The molecule has 0 bridgehead atoms. The van der Waals surface area contributed by atoms with Crippen molar-refractivity contribution < 1.29 is 8.42 Å². The van der Waals surface area contributed by atoms with Crippen LogP contribution in [0.2, 0.25) is 0 Å². The van der Waals surface area contributed by atoms with Crippen molar-refractivity contribution in [1.29, 1.82) is 0 Å². The van der Waals surface area contributed by atoms with Crippen LogP contribution in [-0.2, 0) is 16.4 Å². The van der Waals surface area contributed by atoms with Gasteiger partial charge in [-0.2, -0.15) is 0 Å². The lowest BCUT2D eigenvalue weighted by atomic mass is 10.2. The number of thioether (sulfide) groups is 1. The van der Waals surface area contributed by atoms with E-state index in [1.165, 1.54) is 10.5 Å². The molecule has 1 unspecified atom stereocenters. The van der Waals surface area contributed by atoms with Crippen LogP contribution in [0.15, 0.2) is 29.2 Å². The monoisotopic (exact) mass is 299 g/mol. The summed E-state index contributed by atoms with van der Waals surface area (Å²) in [4.78, 5) is 1.18. The Morgan fingerprint density at radius 3 is 2.95 bits per heavy atom. The zero-order valence-electron chi connectivity index (χ0n) is 11.3. The lowest BCUT2D eigenvalue weighted by Gasteiger charge is -2.09. The molecular weight excluding hydrogens is 278 g/mol. The van der Waals surface area contributed by atoms with Crippen LogP contribution in [0, 0.1) is 0 Å². The van der Waals surface area contributed by atoms with Crippen molar-refractivity contribution in [2.75, 3.05) is 18.1 Å². The van der Waals surface area contributed by atoms with E-state index in [1.807, 2.05) is 0 Å². The molecule has 0 aliphatic carbocycles. The van der Waals surface area contributed by atoms with Gasteiger partial charge in [-0.05, 0) is 37.1 Å². The molecule has 0 aromatic heterocycles. The van der Waals surface area contributed by atoms with Crippen LogP contribution in [0.4, 0.5) is 0 Å². The van der Waals surface area contributed by atoms with Crippen LogP contribution in [0.25, 0.3) is 0 Å². The predicted molar refractivity (Wildman–Crippen MR) is 81.4 cm³/mol. The fourth-order valence-electron chi connectivity index (χ4n) is 2.18. The van der Waals surface area contributed by atoms with Gasteiger partial charge in [0.1, 0.15) is 0 Å². The van der Waals surface area contributed by atoms with E-state index in [-0.39, 0.29) is 5.25 Å². The molecule has 1 aromatic rings. The Morgan fingerprint density at radius 1 is 1.42 bits per heavy atom. The highest BCUT2D eigenvalue weighted by Crippen LogP contribution is 2.31. The van der Waals surface area contributed by atoms with Crippen LogP contribution >= 0.6 is 11.8 Å². The fraction of sp³-hybridized carbons (Fsp3) is 0.571. The molecule has 106 valence electrons. The van der Waals surface area contributed by atoms with Gasteiger partial charge in [0.15, 0.2) is 9.84 Å². The van der Waals surface area contributed by atoms with E-state index in [9.17, 15) is 8.42 Å². The minimum Gasteiger partial charge on any atom is -0.313 e. The quantitative estimate of drug-likeness (QED) is 0.820. The average molecular weight is 299 g/mol. The van der Waals surface area contributed by atoms with Crippen molar-refractivity contribution in [3.63, 3.8) is 0 Å². The molecule has 1 aliphatic heterocycles. The topological polar surface area (TPSA) is 46.2 Å². The zero-order valence-corrected chi connectivity index (χ0v) is 12.9. The van der Waals surface area contributed by atoms with E-state index in [0.29, 0.717) is 11.5 Å². The van der Waals surface area contributed by atoms with Gasteiger partial charge in [0.25, 0.3) is 0 Å². The fourth-order valence-corrected chi connectivity index (χ4v) is 5.77. The van der Waals surface area contributed by atoms with E-state index in [1.54, 1.807) is 11.8 Å². The van der Waals surface area contributed by atoms with Crippen molar-refractivity contribution in [3.8, 4) is 0 Å². The summed E-state index contributed by atoms with van der Waals surface area (Å²) in [5.74, 6) is 0.679. The first-order valence-electron chi connectivity index (χ1n) is 6.76. The SMILES string of the molecule is CCCNCc1cccc(SC2CCS(=O)(=O)C2)c1. The number of rotatable bonds is 6. The molecule has 1 fully saturated rings. The molecule has 1 saturated heterocycles. The molecule has 0 spiro atoms. The van der Waals surface area contributed by atoms with E-state index >= 15 is 0 Å². The molecule has 0 radical (unpaired) electrons. The number of benzene rings is 1. The third-order valence-corrected chi connectivity index (χ3v) is 6.39. The molecule has 0 saturated carbocycles. The molecule has 1 N–H and O–H groups in total. The largest absolute Gasteiger partial charge is 0.313 e. The maximum atomic E-state index is 11.4. The summed E-state index contributed by atoms with van der Waals surface area (Å²) in [5.41, 5.74) is 1.26. The predicted octanol–water partition coefficient (Wildman–Crippen LogP) is 2.47. The first-order chi connectivity index (χ1) is 9.09. The van der Waals surface area contributed by atoms with Gasteiger partial charge in [-0.15, -0.1) is 11.8 Å². The maximum Gasteiger partial charge on any atom is 0.151 e. The van der Waals surface area contributed by atoms with Gasteiger partial charge < -0.3 is 5.32 Å². The molecule has 1 heterocycles. The van der Waals surface area contributed by atoms with Gasteiger partial charge in [0.05, 0.1) is 11.5 Å². The van der Waals surface area contributed by atoms with Crippen LogP contribution in [-0.4, -0.2) is 31.7 Å². The van der Waals surface area contributed by atoms with Gasteiger partial charge in [-0.1, -0.05) is 19.1 Å². The molecule has 1 aliphatic rings. The van der Waals surface area contributed by atoms with Crippen molar-refractivity contribution in [2.45, 2.75) is 36.5 Å². The molecule has 19 heavy (non-hydrogen) atoms. The summed E-state index contributed by atoms with van der Waals surface area (Å²) in [6.45, 7) is 4.06. The van der Waals surface area contributed by atoms with E-state index in [2.05, 4.69) is 36.5 Å². The van der Waals surface area contributed by atoms with E-state index in [0.717, 1.165) is 25.9 Å². The van der Waals surface area contributed by atoms with Crippen LogP contribution < -0.4 is 5.32 Å². The number of sulfone groups is 1. The number of nitrogens with one attached hydrogen (secondary N) is 1. The first-order valence-corrected chi connectivity index (χ1v) is 9.46. The lowest BCUT2D eigenvalue weighted by Crippen LogP contribution is -2.13. The third-order valence-electron chi connectivity index (χ3n) is 3.15. The van der Waals surface area contributed by atoms with Gasteiger partial charge in [0.2, 0.25) is 0 Å². The highest BCUT2D eigenvalue weighted by atomic mass is 32.2. The minimum absolute atomic E-state index is 0.226. The van der Waals surface area contributed by atoms with Gasteiger partial charge in [-0.25, -0.2) is 8.42 Å². The van der Waals surface area contributed by atoms with Crippen LogP contribution in [0.5, 0.6) is 0 Å². The number of hydrogen-bond donors (Lipinski definition) is 1. The Kier molecular flexibility index (Phi) is 5.30. The minimum atomic E-state index is -2.78. The molecular formula is C14H21NO2S2. The second-order valence-electron chi connectivity index (χ2n) is 4.97. The summed E-state index contributed by atoms with van der Waals surface area (Å²) >= 11 is 1.70. The maximum absolute atomic E-state index is 11.4. The van der Waals surface area contributed by atoms with Crippen molar-refractivity contribution in [2.24, 2.45) is 0 Å². The summed E-state index contributed by atoms with van der Waals surface area (Å²) in [7, 11) is -2.78. The van der Waals surface area contributed by atoms with E-state index in [4.69, 9.17) is 0 Å².